The van der Waals surface area contributed by atoms with E-state index in [1.165, 1.54) is 22.2 Å². The van der Waals surface area contributed by atoms with Crippen LogP contribution in [-0.4, -0.2) is 21.4 Å². The predicted molar refractivity (Wildman–Crippen MR) is 179 cm³/mol. The molecule has 2 aliphatic heterocycles. The first-order valence-electron chi connectivity index (χ1n) is 15.3. The van der Waals surface area contributed by atoms with E-state index in [2.05, 4.69) is 90.4 Å². The van der Waals surface area contributed by atoms with Gasteiger partial charge >= 0.3 is 28.1 Å². The average molecular weight is 780 g/mol. The van der Waals surface area contributed by atoms with Gasteiger partial charge in [0.1, 0.15) is 5.75 Å². The maximum atomic E-state index is 6.46. The molecule has 0 amide bonds. The summed E-state index contributed by atoms with van der Waals surface area (Å²) in [5.74, 6) is 2.65. The summed E-state index contributed by atoms with van der Waals surface area (Å²) in [5.41, 5.74) is 6.32. The van der Waals surface area contributed by atoms with Crippen LogP contribution in [0.4, 0.5) is 11.5 Å². The topological polar surface area (TPSA) is 51.9 Å². The van der Waals surface area contributed by atoms with Gasteiger partial charge in [0.25, 0.3) is 0 Å². The molecule has 4 aromatic carbocycles. The summed E-state index contributed by atoms with van der Waals surface area (Å²) >= 11 is 0. The van der Waals surface area contributed by atoms with Crippen LogP contribution in [-0.2, 0) is 31.9 Å². The molecule has 5 heterocycles. The summed E-state index contributed by atoms with van der Waals surface area (Å²) in [5, 5.41) is 3.24. The van der Waals surface area contributed by atoms with Gasteiger partial charge in [0, 0.05) is 45.9 Å². The number of benzene rings is 4. The van der Waals surface area contributed by atoms with E-state index < -0.39 is 0 Å². The number of fused-ring (bicyclic) bond motifs is 4. The van der Waals surface area contributed by atoms with Crippen LogP contribution in [0.3, 0.4) is 0 Å². The van der Waals surface area contributed by atoms with Gasteiger partial charge in [-0.1, -0.05) is 98.8 Å². The number of nitrogens with zero attached hydrogens (tertiary/aromatic N) is 4. The molecule has 3 aromatic heterocycles. The van der Waals surface area contributed by atoms with Gasteiger partial charge in [0.2, 0.25) is 0 Å². The van der Waals surface area contributed by atoms with Gasteiger partial charge in [-0.2, -0.15) is 6.07 Å². The predicted octanol–water partition coefficient (Wildman–Crippen LogP) is 7.92. The number of pyridine rings is 2. The number of para-hydroxylation sites is 1. The Bertz CT molecular complexity index is 2320. The Morgan fingerprint density at radius 1 is 0.761 bits per heavy atom. The molecule has 0 N–H and O–H groups in total. The number of hydrogen-bond donors (Lipinski definition) is 0. The average Bonchev–Trinajstić information content (AvgIpc) is 3.68. The molecule has 2 aliphatic rings. The van der Waals surface area contributed by atoms with E-state index in [9.17, 15) is 0 Å². The number of anilines is 2. The van der Waals surface area contributed by atoms with Crippen molar-refractivity contribution in [2.45, 2.75) is 38.5 Å². The third-order valence-electron chi connectivity index (χ3n) is 10.1. The Kier molecular flexibility index (Phi) is 6.39. The maximum Gasteiger partial charge on any atom is 2.00 e. The van der Waals surface area contributed by atoms with E-state index in [4.69, 9.17) is 14.4 Å². The van der Waals surface area contributed by atoms with E-state index in [-0.39, 0.29) is 38.9 Å². The Balaban J connectivity index is 0.00000312. The molecule has 0 bridgehead atoms. The van der Waals surface area contributed by atoms with Gasteiger partial charge < -0.3 is 18.6 Å². The number of hydrogen-bond acceptors (Lipinski definition) is 5. The van der Waals surface area contributed by atoms with Crippen LogP contribution in [0.15, 0.2) is 103 Å². The van der Waals surface area contributed by atoms with E-state index >= 15 is 0 Å². The molecule has 8 heteroatoms. The van der Waals surface area contributed by atoms with Crippen molar-refractivity contribution in [3.8, 4) is 17.2 Å². The number of aromatic nitrogens is 3. The smallest absolute Gasteiger partial charge is 0.535 e. The van der Waals surface area contributed by atoms with Crippen LogP contribution >= 0.6 is 0 Å². The van der Waals surface area contributed by atoms with Crippen molar-refractivity contribution >= 4 is 51.3 Å². The van der Waals surface area contributed by atoms with Gasteiger partial charge in [-0.15, -0.1) is 30.3 Å². The molecule has 0 saturated heterocycles. The first-order valence-corrected chi connectivity index (χ1v) is 15.3. The van der Waals surface area contributed by atoms with E-state index in [1.807, 2.05) is 60.8 Å². The minimum absolute atomic E-state index is 0. The van der Waals surface area contributed by atoms with E-state index in [0.29, 0.717) is 11.5 Å². The fraction of sp³-hybridized carbons (Fsp3) is 0.158. The minimum Gasteiger partial charge on any atom is -0.535 e. The van der Waals surface area contributed by atoms with Crippen molar-refractivity contribution in [1.82, 2.24) is 14.4 Å². The SMILES string of the molecule is CC1(C)c2cccc3c4ccc(Oc5[c-]c(N6B(c7ccccc7)Oc7cccnc76)ccc5)[c-]c4c4ncc(n4c23)C1(C)C.[Pt+2]. The summed E-state index contributed by atoms with van der Waals surface area (Å²) in [6.45, 7) is 9.31. The van der Waals surface area contributed by atoms with Crippen LogP contribution in [0.5, 0.6) is 17.2 Å². The van der Waals surface area contributed by atoms with Crippen LogP contribution in [0.2, 0.25) is 0 Å². The van der Waals surface area contributed by atoms with Crippen molar-refractivity contribution in [2.75, 3.05) is 4.81 Å². The summed E-state index contributed by atoms with van der Waals surface area (Å²) < 4.78 is 15.2. The zero-order valence-electron chi connectivity index (χ0n) is 25.8. The number of imidazole rings is 1. The van der Waals surface area contributed by atoms with Crippen molar-refractivity contribution < 1.29 is 30.5 Å². The van der Waals surface area contributed by atoms with Crippen molar-refractivity contribution in [3.63, 3.8) is 0 Å². The van der Waals surface area contributed by atoms with E-state index in [0.717, 1.165) is 39.1 Å². The van der Waals surface area contributed by atoms with Gasteiger partial charge in [-0.3, -0.25) is 4.98 Å². The minimum atomic E-state index is -0.372. The fourth-order valence-electron chi connectivity index (χ4n) is 7.06. The first kappa shape index (κ1) is 28.8. The normalized spacial score (nSPS) is 15.7. The second-order valence-electron chi connectivity index (χ2n) is 12.9. The van der Waals surface area contributed by atoms with Gasteiger partial charge in [0.05, 0.1) is 5.65 Å². The molecule has 0 unspecified atom stereocenters. The molecular weight excluding hydrogens is 750 g/mol. The molecular formula is C38H29BN4O2Pt. The number of rotatable bonds is 4. The molecule has 0 radical (unpaired) electrons. The van der Waals surface area contributed by atoms with Crippen molar-refractivity contribution in [1.29, 1.82) is 0 Å². The standard InChI is InChI=1S/C38H29BN4O2.Pt/c1-37(2)31-16-9-15-29-28-19-18-27(22-30(28)35-41-23-33(38(37,3)4)42(35)34(29)31)44-26-14-8-13-25(21-26)43-36-32(17-10-20-40-36)45-39(43)24-11-6-5-7-12-24;/h5-20,23H,1-4H3;/q-2;+2. The summed E-state index contributed by atoms with van der Waals surface area (Å²) in [6.07, 6.45) is 3.82. The second kappa shape index (κ2) is 10.2. The van der Waals surface area contributed by atoms with Crippen LogP contribution in [0.1, 0.15) is 39.0 Å². The zero-order chi connectivity index (χ0) is 30.5. The molecule has 226 valence electrons. The summed E-state index contributed by atoms with van der Waals surface area (Å²) in [6, 6.07) is 37.7. The molecule has 6 nitrogen and oxygen atoms in total. The second-order valence-corrected chi connectivity index (χ2v) is 12.9. The zero-order valence-corrected chi connectivity index (χ0v) is 28.1. The largest absolute Gasteiger partial charge is 2.00 e. The van der Waals surface area contributed by atoms with Gasteiger partial charge in [-0.05, 0) is 28.5 Å². The maximum absolute atomic E-state index is 6.46. The monoisotopic (exact) mass is 779 g/mol. The third-order valence-corrected chi connectivity index (χ3v) is 10.1. The Hall–Kier alpha value is -4.61. The molecule has 9 rings (SSSR count). The number of ether oxygens (including phenoxy) is 1. The van der Waals surface area contributed by atoms with Gasteiger partial charge in [0.15, 0.2) is 5.82 Å². The molecule has 0 fully saturated rings. The Labute approximate surface area is 282 Å². The first-order chi connectivity index (χ1) is 21.8. The molecule has 0 saturated carbocycles. The molecule has 0 aliphatic carbocycles. The van der Waals surface area contributed by atoms with Crippen LogP contribution in [0.25, 0.3) is 27.3 Å². The molecule has 7 aromatic rings. The molecule has 46 heavy (non-hydrogen) atoms. The summed E-state index contributed by atoms with van der Waals surface area (Å²) in [7, 11) is -0.372. The summed E-state index contributed by atoms with van der Waals surface area (Å²) in [4.78, 5) is 11.7. The van der Waals surface area contributed by atoms with Crippen molar-refractivity contribution in [3.05, 3.63) is 127 Å². The quantitative estimate of drug-likeness (QED) is 0.103. The Morgan fingerprint density at radius 3 is 2.41 bits per heavy atom. The molecule has 0 spiro atoms. The third kappa shape index (κ3) is 3.94. The van der Waals surface area contributed by atoms with Crippen LogP contribution < -0.4 is 19.7 Å². The van der Waals surface area contributed by atoms with Gasteiger partial charge in [-0.25, -0.2) is 4.98 Å². The molecule has 0 atom stereocenters. The van der Waals surface area contributed by atoms with Crippen LogP contribution in [0, 0.1) is 12.1 Å². The van der Waals surface area contributed by atoms with E-state index in [1.54, 1.807) is 6.20 Å². The van der Waals surface area contributed by atoms with Crippen molar-refractivity contribution in [2.24, 2.45) is 0 Å². The fourth-order valence-corrected chi connectivity index (χ4v) is 7.06. The Morgan fingerprint density at radius 2 is 1.57 bits per heavy atom.